The molecule has 1 atom stereocenters. The molecule has 0 saturated carbocycles. The van der Waals surface area contributed by atoms with Crippen LogP contribution in [-0.4, -0.2) is 32.8 Å². The largest absolute Gasteiger partial charge is 0.456 e. The number of ether oxygens (including phenoxy) is 1. The van der Waals surface area contributed by atoms with Crippen molar-refractivity contribution in [2.75, 3.05) is 6.61 Å². The van der Waals surface area contributed by atoms with Crippen LogP contribution in [0.4, 0.5) is 0 Å². The first kappa shape index (κ1) is 21.3. The first-order valence-corrected chi connectivity index (χ1v) is 10.8. The van der Waals surface area contributed by atoms with E-state index in [0.29, 0.717) is 5.56 Å². The van der Waals surface area contributed by atoms with Gasteiger partial charge in [0.2, 0.25) is 5.78 Å². The molecule has 0 amide bonds. The highest BCUT2D eigenvalue weighted by molar-refractivity contribution is 7.91. The van der Waals surface area contributed by atoms with E-state index in [0.717, 1.165) is 22.5 Å². The third kappa shape index (κ3) is 5.47. The molecule has 1 heterocycles. The summed E-state index contributed by atoms with van der Waals surface area (Å²) in [5.74, 6) is -1.44. The van der Waals surface area contributed by atoms with E-state index in [1.165, 1.54) is 6.07 Å². The first-order chi connectivity index (χ1) is 12.6. The van der Waals surface area contributed by atoms with E-state index in [4.69, 9.17) is 4.74 Å². The molecule has 8 heteroatoms. The van der Waals surface area contributed by atoms with Crippen LogP contribution in [0.2, 0.25) is 0 Å². The van der Waals surface area contributed by atoms with Crippen molar-refractivity contribution >= 4 is 33.1 Å². The quantitative estimate of drug-likeness (QED) is 0.534. The lowest BCUT2D eigenvalue weighted by Crippen LogP contribution is -2.45. The van der Waals surface area contributed by atoms with Gasteiger partial charge in [-0.25, -0.2) is 8.42 Å². The summed E-state index contributed by atoms with van der Waals surface area (Å²) >= 11 is 1.06. The molecule has 0 radical (unpaired) electrons. The number of rotatable bonds is 8. The lowest BCUT2D eigenvalue weighted by molar-refractivity contribution is -0.145. The molecular weight excluding hydrogens is 386 g/mol. The smallest absolute Gasteiger partial charge is 0.324 e. The number of carbonyl (C=O) groups is 2. The van der Waals surface area contributed by atoms with Gasteiger partial charge in [-0.2, -0.15) is 4.72 Å². The van der Waals surface area contributed by atoms with Crippen LogP contribution >= 0.6 is 11.3 Å². The van der Waals surface area contributed by atoms with Gasteiger partial charge in [0.1, 0.15) is 10.3 Å². The van der Waals surface area contributed by atoms with Crippen molar-refractivity contribution < 1.29 is 22.7 Å². The Morgan fingerprint density at radius 2 is 1.89 bits per heavy atom. The number of thiophene rings is 1. The minimum atomic E-state index is -3.83. The van der Waals surface area contributed by atoms with Gasteiger partial charge in [-0.3, -0.25) is 9.59 Å². The van der Waals surface area contributed by atoms with E-state index in [9.17, 15) is 18.0 Å². The van der Waals surface area contributed by atoms with Crippen LogP contribution in [-0.2, 0) is 19.6 Å². The summed E-state index contributed by atoms with van der Waals surface area (Å²) in [5.41, 5.74) is 2.21. The summed E-state index contributed by atoms with van der Waals surface area (Å²) in [4.78, 5) is 24.8. The maximum absolute atomic E-state index is 12.4. The van der Waals surface area contributed by atoms with Crippen LogP contribution < -0.4 is 4.72 Å². The molecule has 0 saturated heterocycles. The van der Waals surface area contributed by atoms with Crippen LogP contribution in [0, 0.1) is 19.8 Å². The zero-order chi connectivity index (χ0) is 20.2. The number of hydrogen-bond acceptors (Lipinski definition) is 6. The van der Waals surface area contributed by atoms with Crippen LogP contribution in [0.5, 0.6) is 0 Å². The molecule has 1 N–H and O–H groups in total. The molecule has 1 aromatic carbocycles. The third-order valence-corrected chi connectivity index (χ3v) is 6.84. The number of Topliss-reactive ketones (excluding diaryl/α,β-unsaturated/α-hetero) is 1. The van der Waals surface area contributed by atoms with Gasteiger partial charge in [0, 0.05) is 5.56 Å². The van der Waals surface area contributed by atoms with Crippen molar-refractivity contribution in [1.29, 1.82) is 0 Å². The van der Waals surface area contributed by atoms with Gasteiger partial charge in [-0.1, -0.05) is 37.6 Å². The highest BCUT2D eigenvalue weighted by Gasteiger charge is 2.30. The summed E-state index contributed by atoms with van der Waals surface area (Å²) in [6.07, 6.45) is 0. The van der Waals surface area contributed by atoms with Gasteiger partial charge >= 0.3 is 5.97 Å². The van der Waals surface area contributed by atoms with E-state index >= 15 is 0 Å². The molecular formula is C19H23NO5S2. The molecule has 27 heavy (non-hydrogen) atoms. The van der Waals surface area contributed by atoms with E-state index < -0.39 is 28.6 Å². The summed E-state index contributed by atoms with van der Waals surface area (Å²) in [7, 11) is -3.83. The number of hydrogen-bond donors (Lipinski definition) is 1. The average molecular weight is 410 g/mol. The van der Waals surface area contributed by atoms with Gasteiger partial charge in [0.25, 0.3) is 10.0 Å². The van der Waals surface area contributed by atoms with Crippen molar-refractivity contribution in [3.8, 4) is 0 Å². The summed E-state index contributed by atoms with van der Waals surface area (Å²) in [6.45, 7) is 6.65. The Morgan fingerprint density at radius 1 is 1.19 bits per heavy atom. The zero-order valence-electron chi connectivity index (χ0n) is 15.7. The fourth-order valence-electron chi connectivity index (χ4n) is 2.44. The van der Waals surface area contributed by atoms with E-state index in [-0.39, 0.29) is 15.9 Å². The Balaban J connectivity index is 2.07. The second-order valence-electron chi connectivity index (χ2n) is 6.62. The maximum Gasteiger partial charge on any atom is 0.324 e. The summed E-state index contributed by atoms with van der Waals surface area (Å²) in [6, 6.07) is 7.46. The topological polar surface area (TPSA) is 89.5 Å². The predicted molar refractivity (Wildman–Crippen MR) is 104 cm³/mol. The van der Waals surface area contributed by atoms with Crippen LogP contribution in [0.3, 0.4) is 0 Å². The molecule has 0 aliphatic heterocycles. The molecule has 2 aromatic rings. The average Bonchev–Trinajstić information content (AvgIpc) is 3.15. The fraction of sp³-hybridized carbons (Fsp3) is 0.368. The number of esters is 1. The van der Waals surface area contributed by atoms with Crippen LogP contribution in [0.1, 0.15) is 35.3 Å². The molecule has 0 aliphatic carbocycles. The van der Waals surface area contributed by atoms with Crippen molar-refractivity contribution in [3.05, 3.63) is 52.4 Å². The molecule has 0 fully saturated rings. The van der Waals surface area contributed by atoms with Crippen LogP contribution in [0.25, 0.3) is 0 Å². The second kappa shape index (κ2) is 8.77. The number of carbonyl (C=O) groups excluding carboxylic acids is 2. The normalized spacial score (nSPS) is 12.8. The molecule has 146 valence electrons. The van der Waals surface area contributed by atoms with E-state index in [1.807, 2.05) is 19.1 Å². The molecule has 0 bridgehead atoms. The molecule has 0 aliphatic rings. The predicted octanol–water partition coefficient (Wildman–Crippen LogP) is 3.09. The van der Waals surface area contributed by atoms with Crippen molar-refractivity contribution in [2.45, 2.75) is 37.9 Å². The highest BCUT2D eigenvalue weighted by atomic mass is 32.2. The van der Waals surface area contributed by atoms with Gasteiger partial charge < -0.3 is 4.74 Å². The summed E-state index contributed by atoms with van der Waals surface area (Å²) in [5, 5.41) is 1.64. The Labute approximate surface area is 163 Å². The van der Waals surface area contributed by atoms with Gasteiger partial charge in [-0.15, -0.1) is 11.3 Å². The number of benzene rings is 1. The Bertz CT molecular complexity index is 918. The third-order valence-electron chi connectivity index (χ3n) is 4.00. The van der Waals surface area contributed by atoms with E-state index in [1.54, 1.807) is 38.3 Å². The van der Waals surface area contributed by atoms with Crippen LogP contribution in [0.15, 0.2) is 39.9 Å². The number of ketones is 1. The first-order valence-electron chi connectivity index (χ1n) is 8.44. The number of aryl methyl sites for hydroxylation is 2. The lowest BCUT2D eigenvalue weighted by atomic mass is 10.0. The van der Waals surface area contributed by atoms with Gasteiger partial charge in [0.15, 0.2) is 6.61 Å². The van der Waals surface area contributed by atoms with E-state index in [2.05, 4.69) is 4.72 Å². The standard InChI is InChI=1S/C19H23NO5S2/c1-12(2)18(20-27(23,24)17-6-5-9-26-17)19(22)25-11-16(21)15-10-13(3)7-8-14(15)4/h5-10,12,18,20H,11H2,1-4H3/t18-/m0/s1. The van der Waals surface area contributed by atoms with Crippen molar-refractivity contribution in [3.63, 3.8) is 0 Å². The fourth-order valence-corrected chi connectivity index (χ4v) is 4.78. The molecule has 6 nitrogen and oxygen atoms in total. The summed E-state index contributed by atoms with van der Waals surface area (Å²) < 4.78 is 32.4. The number of sulfonamides is 1. The van der Waals surface area contributed by atoms with Gasteiger partial charge in [0.05, 0.1) is 0 Å². The van der Waals surface area contributed by atoms with Crippen molar-refractivity contribution in [1.82, 2.24) is 4.72 Å². The minimum Gasteiger partial charge on any atom is -0.456 e. The van der Waals surface area contributed by atoms with Crippen molar-refractivity contribution in [2.24, 2.45) is 5.92 Å². The molecule has 1 aromatic heterocycles. The second-order valence-corrected chi connectivity index (χ2v) is 9.51. The Morgan fingerprint density at radius 3 is 2.48 bits per heavy atom. The lowest BCUT2D eigenvalue weighted by Gasteiger charge is -2.20. The Kier molecular flexibility index (Phi) is 6.91. The monoisotopic (exact) mass is 409 g/mol. The molecule has 2 rings (SSSR count). The minimum absolute atomic E-state index is 0.118. The molecule has 0 spiro atoms. The zero-order valence-corrected chi connectivity index (χ0v) is 17.3. The highest BCUT2D eigenvalue weighted by Crippen LogP contribution is 2.18. The van der Waals surface area contributed by atoms with Gasteiger partial charge in [-0.05, 0) is 42.8 Å². The Hall–Kier alpha value is -2.03. The number of nitrogens with one attached hydrogen (secondary N) is 1. The maximum atomic E-state index is 12.4. The molecule has 0 unspecified atom stereocenters. The SMILES string of the molecule is Cc1ccc(C)c(C(=O)COC(=O)[C@@H](NS(=O)(=O)c2cccs2)C(C)C)c1.